The molecule has 0 radical (unpaired) electrons. The number of amides is 1. The van der Waals surface area contributed by atoms with Gasteiger partial charge in [0.25, 0.3) is 0 Å². The quantitative estimate of drug-likeness (QED) is 0.0999. The molecule has 2 N–H and O–H groups in total. The van der Waals surface area contributed by atoms with Gasteiger partial charge in [0, 0.05) is 17.0 Å². The van der Waals surface area contributed by atoms with Crippen molar-refractivity contribution in [3.05, 3.63) is 48.5 Å². The monoisotopic (exact) mass is 555 g/mol. The lowest BCUT2D eigenvalue weighted by atomic mass is 10.0. The number of rotatable bonds is 24. The number of ether oxygens (including phenoxy) is 1. The lowest BCUT2D eigenvalue weighted by Crippen LogP contribution is -2.11. The predicted molar refractivity (Wildman–Crippen MR) is 168 cm³/mol. The largest absolute Gasteiger partial charge is 0.508 e. The van der Waals surface area contributed by atoms with E-state index >= 15 is 0 Å². The Morgan fingerprint density at radius 3 is 1.82 bits per heavy atom. The molecule has 218 valence electrons. The molecule has 2 aromatic carbocycles. The molecule has 2 rings (SSSR count). The Morgan fingerprint density at radius 1 is 0.692 bits per heavy atom. The number of aromatic hydroxyl groups is 1. The van der Waals surface area contributed by atoms with Crippen molar-refractivity contribution in [3.8, 4) is 11.5 Å². The van der Waals surface area contributed by atoms with Crippen LogP contribution in [0.15, 0.2) is 53.4 Å². The third-order valence-electron chi connectivity index (χ3n) is 7.06. The average molecular weight is 556 g/mol. The lowest BCUT2D eigenvalue weighted by Gasteiger charge is -2.09. The fourth-order valence-corrected chi connectivity index (χ4v) is 5.55. The second-order valence-corrected chi connectivity index (χ2v) is 11.8. The summed E-state index contributed by atoms with van der Waals surface area (Å²) >= 11 is 1.78. The molecular weight excluding hydrogens is 502 g/mol. The van der Waals surface area contributed by atoms with E-state index in [0.29, 0.717) is 12.2 Å². The first-order valence-electron chi connectivity index (χ1n) is 15.6. The van der Waals surface area contributed by atoms with E-state index < -0.39 is 0 Å². The molecule has 0 heterocycles. The lowest BCUT2D eigenvalue weighted by molar-refractivity contribution is -0.116. The number of carbonyl (C=O) groups is 1. The van der Waals surface area contributed by atoms with Crippen molar-refractivity contribution in [2.24, 2.45) is 0 Å². The van der Waals surface area contributed by atoms with Crippen molar-refractivity contribution in [3.63, 3.8) is 0 Å². The molecule has 0 saturated heterocycles. The highest BCUT2D eigenvalue weighted by Crippen LogP contribution is 2.22. The Kier molecular flexibility index (Phi) is 19.2. The first-order valence-corrected chi connectivity index (χ1v) is 16.6. The maximum absolute atomic E-state index is 12.2. The number of hydrogen-bond donors (Lipinski definition) is 2. The number of thioether (sulfide) groups is 1. The van der Waals surface area contributed by atoms with Gasteiger partial charge in [-0.1, -0.05) is 96.8 Å². The van der Waals surface area contributed by atoms with Gasteiger partial charge in [-0.3, -0.25) is 4.79 Å². The van der Waals surface area contributed by atoms with Crippen molar-refractivity contribution < 1.29 is 14.6 Å². The van der Waals surface area contributed by atoms with Crippen LogP contribution in [0, 0.1) is 0 Å². The zero-order valence-electron chi connectivity index (χ0n) is 24.4. The first kappa shape index (κ1) is 33.1. The summed E-state index contributed by atoms with van der Waals surface area (Å²) in [5.41, 5.74) is 0.826. The third kappa shape index (κ3) is 17.9. The van der Waals surface area contributed by atoms with E-state index in [2.05, 4.69) is 12.2 Å². The van der Waals surface area contributed by atoms with Crippen molar-refractivity contribution >= 4 is 23.4 Å². The SMILES string of the molecule is CCCCCCCCCCCCCCCCOc1ccc(NC(=O)CCCCCSc2ccc(O)cc2)cc1. The molecule has 0 saturated carbocycles. The van der Waals surface area contributed by atoms with Gasteiger partial charge in [0.1, 0.15) is 11.5 Å². The average Bonchev–Trinajstić information content (AvgIpc) is 2.94. The van der Waals surface area contributed by atoms with Gasteiger partial charge >= 0.3 is 0 Å². The number of benzene rings is 2. The van der Waals surface area contributed by atoms with Crippen LogP contribution < -0.4 is 10.1 Å². The number of carbonyl (C=O) groups excluding carboxylic acids is 1. The van der Waals surface area contributed by atoms with E-state index in [4.69, 9.17) is 4.74 Å². The number of nitrogens with one attached hydrogen (secondary N) is 1. The van der Waals surface area contributed by atoms with Crippen molar-refractivity contribution in [1.29, 1.82) is 0 Å². The minimum absolute atomic E-state index is 0.0669. The molecule has 0 bridgehead atoms. The van der Waals surface area contributed by atoms with Crippen LogP contribution in [-0.2, 0) is 4.79 Å². The summed E-state index contributed by atoms with van der Waals surface area (Å²) in [6.07, 6.45) is 22.6. The van der Waals surface area contributed by atoms with Gasteiger partial charge in [0.2, 0.25) is 5.91 Å². The van der Waals surface area contributed by atoms with Crippen LogP contribution in [0.5, 0.6) is 11.5 Å². The second-order valence-electron chi connectivity index (χ2n) is 10.7. The molecule has 0 aliphatic heterocycles. The Bertz CT molecular complexity index is 854. The number of phenols is 1. The first-order chi connectivity index (χ1) is 19.2. The molecule has 1 amide bonds. The Hall–Kier alpha value is -2.14. The van der Waals surface area contributed by atoms with Crippen molar-refractivity contribution in [1.82, 2.24) is 0 Å². The van der Waals surface area contributed by atoms with Crippen LogP contribution in [0.1, 0.15) is 122 Å². The van der Waals surface area contributed by atoms with Gasteiger partial charge in [0.05, 0.1) is 6.61 Å². The summed E-state index contributed by atoms with van der Waals surface area (Å²) in [6.45, 7) is 3.04. The Labute approximate surface area is 242 Å². The van der Waals surface area contributed by atoms with E-state index in [9.17, 15) is 9.90 Å². The zero-order valence-corrected chi connectivity index (χ0v) is 25.2. The van der Waals surface area contributed by atoms with Gasteiger partial charge in [-0.15, -0.1) is 11.8 Å². The fraction of sp³-hybridized carbons (Fsp3) is 0.618. The number of hydrogen-bond acceptors (Lipinski definition) is 4. The summed E-state index contributed by atoms with van der Waals surface area (Å²) in [5, 5.41) is 12.3. The summed E-state index contributed by atoms with van der Waals surface area (Å²) in [7, 11) is 0. The van der Waals surface area contributed by atoms with Gasteiger partial charge in [-0.2, -0.15) is 0 Å². The number of phenolic OH excluding ortho intramolecular Hbond substituents is 1. The van der Waals surface area contributed by atoms with Gasteiger partial charge in [0.15, 0.2) is 0 Å². The smallest absolute Gasteiger partial charge is 0.224 e. The summed E-state index contributed by atoms with van der Waals surface area (Å²) in [5.74, 6) is 2.26. The topological polar surface area (TPSA) is 58.6 Å². The molecule has 2 aromatic rings. The summed E-state index contributed by atoms with van der Waals surface area (Å²) < 4.78 is 5.89. The number of anilines is 1. The molecule has 5 heteroatoms. The normalized spacial score (nSPS) is 11.0. The van der Waals surface area contributed by atoms with Gasteiger partial charge < -0.3 is 15.2 Å². The highest BCUT2D eigenvalue weighted by Gasteiger charge is 2.04. The van der Waals surface area contributed by atoms with Crippen LogP contribution in [0.3, 0.4) is 0 Å². The minimum atomic E-state index is 0.0669. The number of unbranched alkanes of at least 4 members (excludes halogenated alkanes) is 15. The molecule has 0 aromatic heterocycles. The van der Waals surface area contributed by atoms with E-state index in [-0.39, 0.29) is 5.91 Å². The van der Waals surface area contributed by atoms with Crippen molar-refractivity contribution in [2.75, 3.05) is 17.7 Å². The molecular formula is C34H53NO3S. The predicted octanol–water partition coefficient (Wildman–Crippen LogP) is 10.5. The standard InChI is InChI=1S/C34H53NO3S/c1-2-3-4-5-6-7-8-9-10-11-12-13-14-17-28-38-32-24-20-30(21-25-32)35-34(37)19-16-15-18-29-39-33-26-22-31(36)23-27-33/h20-27,36H,2-19,28-29H2,1H3,(H,35,37). The van der Waals surface area contributed by atoms with Crippen LogP contribution >= 0.6 is 11.8 Å². The Balaban J connectivity index is 1.39. The van der Waals surface area contributed by atoms with Crippen LogP contribution in [0.2, 0.25) is 0 Å². The highest BCUT2D eigenvalue weighted by atomic mass is 32.2. The van der Waals surface area contributed by atoms with E-state index in [0.717, 1.165) is 54.4 Å². The molecule has 39 heavy (non-hydrogen) atoms. The molecule has 0 spiro atoms. The van der Waals surface area contributed by atoms with E-state index in [1.807, 2.05) is 36.4 Å². The summed E-state index contributed by atoms with van der Waals surface area (Å²) in [6, 6.07) is 15.0. The molecule has 0 fully saturated rings. The van der Waals surface area contributed by atoms with E-state index in [1.54, 1.807) is 23.9 Å². The molecule has 0 aliphatic carbocycles. The molecule has 4 nitrogen and oxygen atoms in total. The minimum Gasteiger partial charge on any atom is -0.508 e. The van der Waals surface area contributed by atoms with Gasteiger partial charge in [-0.25, -0.2) is 0 Å². The second kappa shape index (κ2) is 22.7. The van der Waals surface area contributed by atoms with Gasteiger partial charge in [-0.05, 0) is 73.5 Å². The zero-order chi connectivity index (χ0) is 27.8. The highest BCUT2D eigenvalue weighted by molar-refractivity contribution is 7.99. The molecule has 0 unspecified atom stereocenters. The third-order valence-corrected chi connectivity index (χ3v) is 8.16. The molecule has 0 atom stereocenters. The van der Waals surface area contributed by atoms with Crippen molar-refractivity contribution in [2.45, 2.75) is 127 Å². The fourth-order valence-electron chi connectivity index (χ4n) is 4.64. The van der Waals surface area contributed by atoms with Crippen LogP contribution in [0.25, 0.3) is 0 Å². The molecule has 0 aliphatic rings. The van der Waals surface area contributed by atoms with Crippen LogP contribution in [0.4, 0.5) is 5.69 Å². The maximum Gasteiger partial charge on any atom is 0.224 e. The van der Waals surface area contributed by atoms with Crippen LogP contribution in [-0.4, -0.2) is 23.4 Å². The Morgan fingerprint density at radius 2 is 1.23 bits per heavy atom. The maximum atomic E-state index is 12.2. The van der Waals surface area contributed by atoms with E-state index in [1.165, 1.54) is 83.5 Å². The summed E-state index contributed by atoms with van der Waals surface area (Å²) in [4.78, 5) is 13.4.